The van der Waals surface area contributed by atoms with Gasteiger partial charge >= 0.3 is 0 Å². The van der Waals surface area contributed by atoms with E-state index in [4.69, 9.17) is 4.74 Å². The Hall–Kier alpha value is -3.25. The SMILES string of the molecule is COc1ccc(C(NC(=O)CSc2ccccc2)NC(=O)Cc2ccccc2)cc1. The molecule has 1 unspecified atom stereocenters. The molecule has 6 heteroatoms. The molecule has 0 aliphatic carbocycles. The molecule has 0 radical (unpaired) electrons. The lowest BCUT2D eigenvalue weighted by Crippen LogP contribution is -2.42. The number of nitrogens with one attached hydrogen (secondary N) is 2. The van der Waals surface area contributed by atoms with Crippen LogP contribution in [0.25, 0.3) is 0 Å². The molecule has 0 heterocycles. The summed E-state index contributed by atoms with van der Waals surface area (Å²) in [6.45, 7) is 0. The van der Waals surface area contributed by atoms with Gasteiger partial charge in [0.1, 0.15) is 11.9 Å². The van der Waals surface area contributed by atoms with Gasteiger partial charge in [0.05, 0.1) is 19.3 Å². The standard InChI is InChI=1S/C24H24N2O3S/c1-29-20-14-12-19(13-15-20)24(25-22(27)16-18-8-4-2-5-9-18)26-23(28)17-30-21-10-6-3-7-11-21/h2-15,24H,16-17H2,1H3,(H,25,27)(H,26,28). The summed E-state index contributed by atoms with van der Waals surface area (Å²) in [6.07, 6.45) is -0.390. The van der Waals surface area contributed by atoms with E-state index in [-0.39, 0.29) is 24.0 Å². The van der Waals surface area contributed by atoms with Gasteiger partial charge < -0.3 is 15.4 Å². The zero-order chi connectivity index (χ0) is 21.2. The number of amides is 2. The molecule has 0 aliphatic heterocycles. The molecule has 0 saturated heterocycles. The molecule has 154 valence electrons. The summed E-state index contributed by atoms with van der Waals surface area (Å²) in [5.74, 6) is 0.632. The van der Waals surface area contributed by atoms with Crippen molar-refractivity contribution in [1.82, 2.24) is 10.6 Å². The Labute approximate surface area is 180 Å². The zero-order valence-electron chi connectivity index (χ0n) is 16.7. The lowest BCUT2D eigenvalue weighted by molar-refractivity contribution is -0.123. The van der Waals surface area contributed by atoms with E-state index in [1.54, 1.807) is 19.2 Å². The third-order valence-corrected chi connectivity index (χ3v) is 5.39. The highest BCUT2D eigenvalue weighted by atomic mass is 32.2. The predicted molar refractivity (Wildman–Crippen MR) is 119 cm³/mol. The van der Waals surface area contributed by atoms with E-state index in [1.807, 2.05) is 72.8 Å². The van der Waals surface area contributed by atoms with Crippen LogP contribution in [0.1, 0.15) is 17.3 Å². The van der Waals surface area contributed by atoms with Gasteiger partial charge in [-0.15, -0.1) is 11.8 Å². The Kier molecular flexibility index (Phi) is 7.92. The first-order valence-electron chi connectivity index (χ1n) is 9.58. The monoisotopic (exact) mass is 420 g/mol. The summed E-state index contributed by atoms with van der Waals surface area (Å²) in [5.41, 5.74) is 1.68. The van der Waals surface area contributed by atoms with Gasteiger partial charge in [-0.25, -0.2) is 0 Å². The maximum Gasteiger partial charge on any atom is 0.232 e. The normalized spacial score (nSPS) is 11.4. The van der Waals surface area contributed by atoms with Gasteiger partial charge in [0.15, 0.2) is 0 Å². The molecule has 2 amide bonds. The predicted octanol–water partition coefficient (Wildman–Crippen LogP) is 3.96. The van der Waals surface area contributed by atoms with Gasteiger partial charge in [-0.05, 0) is 35.4 Å². The Balaban J connectivity index is 1.66. The van der Waals surface area contributed by atoms with E-state index in [1.165, 1.54) is 11.8 Å². The van der Waals surface area contributed by atoms with Crippen LogP contribution in [-0.4, -0.2) is 24.7 Å². The number of carbonyl (C=O) groups excluding carboxylic acids is 2. The van der Waals surface area contributed by atoms with Crippen molar-refractivity contribution in [3.05, 3.63) is 96.1 Å². The summed E-state index contributed by atoms with van der Waals surface area (Å²) < 4.78 is 5.20. The summed E-state index contributed by atoms with van der Waals surface area (Å²) >= 11 is 1.45. The molecule has 3 aromatic rings. The number of benzene rings is 3. The summed E-state index contributed by atoms with van der Waals surface area (Å²) in [4.78, 5) is 26.2. The van der Waals surface area contributed by atoms with E-state index in [2.05, 4.69) is 10.6 Å². The van der Waals surface area contributed by atoms with Crippen LogP contribution in [0, 0.1) is 0 Å². The molecule has 0 fully saturated rings. The Morgan fingerprint density at radius 2 is 1.43 bits per heavy atom. The molecule has 0 aromatic heterocycles. The first-order chi connectivity index (χ1) is 14.6. The minimum atomic E-state index is -0.629. The number of carbonyl (C=O) groups is 2. The number of rotatable bonds is 9. The molecule has 0 saturated carbocycles. The molecule has 0 spiro atoms. The lowest BCUT2D eigenvalue weighted by atomic mass is 10.1. The second kappa shape index (κ2) is 11.1. The Morgan fingerprint density at radius 3 is 2.07 bits per heavy atom. The van der Waals surface area contributed by atoms with Crippen molar-refractivity contribution in [2.45, 2.75) is 17.5 Å². The van der Waals surface area contributed by atoms with Gasteiger partial charge in [0.25, 0.3) is 0 Å². The van der Waals surface area contributed by atoms with E-state index in [0.29, 0.717) is 5.75 Å². The van der Waals surface area contributed by atoms with Gasteiger partial charge in [-0.3, -0.25) is 9.59 Å². The van der Waals surface area contributed by atoms with Crippen LogP contribution in [0.15, 0.2) is 89.8 Å². The largest absolute Gasteiger partial charge is 0.497 e. The average molecular weight is 421 g/mol. The third-order valence-electron chi connectivity index (χ3n) is 4.38. The molecule has 3 rings (SSSR count). The van der Waals surface area contributed by atoms with Crippen molar-refractivity contribution >= 4 is 23.6 Å². The van der Waals surface area contributed by atoms with Gasteiger partial charge in [-0.1, -0.05) is 60.7 Å². The maximum atomic E-state index is 12.6. The number of ether oxygens (including phenoxy) is 1. The maximum absolute atomic E-state index is 12.6. The van der Waals surface area contributed by atoms with E-state index >= 15 is 0 Å². The highest BCUT2D eigenvalue weighted by molar-refractivity contribution is 8.00. The first kappa shape index (κ1) is 21.5. The number of methoxy groups -OCH3 is 1. The van der Waals surface area contributed by atoms with Crippen LogP contribution in [0.3, 0.4) is 0 Å². The van der Waals surface area contributed by atoms with Crippen LogP contribution in [0.5, 0.6) is 5.75 Å². The highest BCUT2D eigenvalue weighted by Crippen LogP contribution is 2.19. The second-order valence-electron chi connectivity index (χ2n) is 6.61. The van der Waals surface area contributed by atoms with Crippen molar-refractivity contribution in [1.29, 1.82) is 0 Å². The molecular formula is C24H24N2O3S. The second-order valence-corrected chi connectivity index (χ2v) is 7.65. The van der Waals surface area contributed by atoms with Crippen molar-refractivity contribution in [2.24, 2.45) is 0 Å². The van der Waals surface area contributed by atoms with Crippen LogP contribution < -0.4 is 15.4 Å². The average Bonchev–Trinajstić information content (AvgIpc) is 2.78. The minimum absolute atomic E-state index is 0.162. The van der Waals surface area contributed by atoms with Crippen LogP contribution >= 0.6 is 11.8 Å². The third kappa shape index (κ3) is 6.67. The van der Waals surface area contributed by atoms with Crippen LogP contribution in [-0.2, 0) is 16.0 Å². The molecule has 0 aliphatic rings. The van der Waals surface area contributed by atoms with Crippen molar-refractivity contribution in [3.8, 4) is 5.75 Å². The number of hydrogen-bond donors (Lipinski definition) is 2. The smallest absolute Gasteiger partial charge is 0.232 e. The first-order valence-corrected chi connectivity index (χ1v) is 10.6. The minimum Gasteiger partial charge on any atom is -0.497 e. The number of hydrogen-bond acceptors (Lipinski definition) is 4. The topological polar surface area (TPSA) is 67.4 Å². The van der Waals surface area contributed by atoms with E-state index < -0.39 is 6.17 Å². The van der Waals surface area contributed by atoms with Gasteiger partial charge in [-0.2, -0.15) is 0 Å². The molecule has 3 aromatic carbocycles. The molecule has 2 N–H and O–H groups in total. The Morgan fingerprint density at radius 1 is 0.833 bits per heavy atom. The quantitative estimate of drug-likeness (QED) is 0.406. The van der Waals surface area contributed by atoms with E-state index in [9.17, 15) is 9.59 Å². The molecule has 1 atom stereocenters. The van der Waals surface area contributed by atoms with Gasteiger partial charge in [0, 0.05) is 4.90 Å². The molecule has 30 heavy (non-hydrogen) atoms. The summed E-state index contributed by atoms with van der Waals surface area (Å²) in [5, 5.41) is 5.85. The van der Waals surface area contributed by atoms with Gasteiger partial charge in [0.2, 0.25) is 11.8 Å². The molecular weight excluding hydrogens is 396 g/mol. The highest BCUT2D eigenvalue weighted by Gasteiger charge is 2.18. The summed E-state index contributed by atoms with van der Waals surface area (Å²) in [7, 11) is 1.59. The van der Waals surface area contributed by atoms with Crippen molar-refractivity contribution in [3.63, 3.8) is 0 Å². The van der Waals surface area contributed by atoms with Crippen molar-refractivity contribution in [2.75, 3.05) is 12.9 Å². The number of thioether (sulfide) groups is 1. The summed E-state index contributed by atoms with van der Waals surface area (Å²) in [6, 6.07) is 26.5. The van der Waals surface area contributed by atoms with Crippen LogP contribution in [0.4, 0.5) is 0 Å². The van der Waals surface area contributed by atoms with E-state index in [0.717, 1.165) is 16.0 Å². The molecule has 0 bridgehead atoms. The Bertz CT molecular complexity index is 947. The van der Waals surface area contributed by atoms with Crippen molar-refractivity contribution < 1.29 is 14.3 Å². The fourth-order valence-corrected chi connectivity index (χ4v) is 3.59. The fraction of sp³-hybridized carbons (Fsp3) is 0.167. The lowest BCUT2D eigenvalue weighted by Gasteiger charge is -2.21. The zero-order valence-corrected chi connectivity index (χ0v) is 17.5. The fourth-order valence-electron chi connectivity index (χ4n) is 2.86. The molecule has 5 nitrogen and oxygen atoms in total. The van der Waals surface area contributed by atoms with Crippen LogP contribution in [0.2, 0.25) is 0 Å².